The van der Waals surface area contributed by atoms with Gasteiger partial charge in [0.15, 0.2) is 17.3 Å². The molecule has 1 aliphatic rings. The minimum absolute atomic E-state index is 0.0687. The summed E-state index contributed by atoms with van der Waals surface area (Å²) in [6.07, 6.45) is 1.54. The molecule has 0 saturated heterocycles. The first-order valence-electron chi connectivity index (χ1n) is 5.84. The molecule has 0 amide bonds. The van der Waals surface area contributed by atoms with Crippen molar-refractivity contribution in [3.8, 4) is 11.5 Å². The number of benzene rings is 1. The number of rotatable bonds is 4. The highest BCUT2D eigenvalue weighted by Gasteiger charge is 2.51. The Morgan fingerprint density at radius 2 is 1.72 bits per heavy atom. The molecule has 100 valence electrons. The molecule has 5 heteroatoms. The second-order valence-corrected chi connectivity index (χ2v) is 4.73. The molecule has 1 aliphatic carbocycles. The second kappa shape index (κ2) is 4.39. The smallest absolute Gasteiger partial charge is 0.197 e. The molecule has 0 aromatic heterocycles. The fourth-order valence-electron chi connectivity index (χ4n) is 2.50. The number of hydrogen-bond donors (Lipinski definition) is 1. The summed E-state index contributed by atoms with van der Waals surface area (Å²) in [5.41, 5.74) is 5.80. The normalized spacial score (nSPS) is 18.3. The fourth-order valence-corrected chi connectivity index (χ4v) is 2.50. The largest absolute Gasteiger partial charge is 0.492 e. The molecule has 2 rings (SSSR count). The van der Waals surface area contributed by atoms with E-state index in [1.54, 1.807) is 0 Å². The van der Waals surface area contributed by atoms with Gasteiger partial charge in [0, 0.05) is 23.1 Å². The van der Waals surface area contributed by atoms with Crippen LogP contribution in [0.2, 0.25) is 0 Å². The lowest BCUT2D eigenvalue weighted by Crippen LogP contribution is -2.33. The SMILES string of the molecule is COc1c(F)cc(F)c(C2(C(C)N)CC2)c1OC. The van der Waals surface area contributed by atoms with E-state index in [9.17, 15) is 8.78 Å². The van der Waals surface area contributed by atoms with Gasteiger partial charge in [0.25, 0.3) is 0 Å². The molecule has 1 atom stereocenters. The minimum atomic E-state index is -0.768. The number of hydrogen-bond acceptors (Lipinski definition) is 3. The first-order valence-corrected chi connectivity index (χ1v) is 5.84. The first-order chi connectivity index (χ1) is 8.47. The van der Waals surface area contributed by atoms with Crippen LogP contribution in [-0.2, 0) is 5.41 Å². The van der Waals surface area contributed by atoms with Crippen molar-refractivity contribution in [2.45, 2.75) is 31.2 Å². The lowest BCUT2D eigenvalue weighted by atomic mass is 9.88. The summed E-state index contributed by atoms with van der Waals surface area (Å²) in [7, 11) is 2.70. The molecule has 1 aromatic carbocycles. The summed E-state index contributed by atoms with van der Waals surface area (Å²) in [5.74, 6) is -1.35. The molecule has 0 spiro atoms. The summed E-state index contributed by atoms with van der Waals surface area (Å²) < 4.78 is 37.8. The van der Waals surface area contributed by atoms with E-state index in [4.69, 9.17) is 15.2 Å². The summed E-state index contributed by atoms with van der Waals surface area (Å²) in [4.78, 5) is 0. The van der Waals surface area contributed by atoms with E-state index in [1.807, 2.05) is 6.92 Å². The van der Waals surface area contributed by atoms with E-state index >= 15 is 0 Å². The van der Waals surface area contributed by atoms with Crippen LogP contribution in [0.3, 0.4) is 0 Å². The van der Waals surface area contributed by atoms with Gasteiger partial charge in [-0.3, -0.25) is 0 Å². The quantitative estimate of drug-likeness (QED) is 0.900. The molecule has 0 aliphatic heterocycles. The van der Waals surface area contributed by atoms with Crippen LogP contribution in [-0.4, -0.2) is 20.3 Å². The van der Waals surface area contributed by atoms with Crippen LogP contribution in [0.25, 0.3) is 0 Å². The Morgan fingerprint density at radius 1 is 1.17 bits per heavy atom. The van der Waals surface area contributed by atoms with Crippen molar-refractivity contribution in [1.82, 2.24) is 0 Å². The van der Waals surface area contributed by atoms with Crippen molar-refractivity contribution >= 4 is 0 Å². The highest BCUT2D eigenvalue weighted by molar-refractivity contribution is 5.54. The fraction of sp³-hybridized carbons (Fsp3) is 0.538. The van der Waals surface area contributed by atoms with Gasteiger partial charge in [-0.1, -0.05) is 0 Å². The minimum Gasteiger partial charge on any atom is -0.492 e. The van der Waals surface area contributed by atoms with Crippen molar-refractivity contribution in [2.75, 3.05) is 14.2 Å². The molecular weight excluding hydrogens is 240 g/mol. The summed E-state index contributed by atoms with van der Waals surface area (Å²) in [6.45, 7) is 1.82. The maximum absolute atomic E-state index is 14.1. The van der Waals surface area contributed by atoms with E-state index in [1.165, 1.54) is 14.2 Å². The van der Waals surface area contributed by atoms with Crippen LogP contribution in [0.15, 0.2) is 6.07 Å². The van der Waals surface area contributed by atoms with Gasteiger partial charge in [-0.15, -0.1) is 0 Å². The monoisotopic (exact) mass is 257 g/mol. The molecule has 1 unspecified atom stereocenters. The Bertz CT molecular complexity index is 471. The maximum atomic E-state index is 14.1. The average molecular weight is 257 g/mol. The van der Waals surface area contributed by atoms with Crippen LogP contribution >= 0.6 is 0 Å². The molecule has 1 saturated carbocycles. The number of ether oxygens (including phenoxy) is 2. The van der Waals surface area contributed by atoms with Crippen LogP contribution in [0.5, 0.6) is 11.5 Å². The Balaban J connectivity index is 2.67. The van der Waals surface area contributed by atoms with Gasteiger partial charge in [-0.05, 0) is 19.8 Å². The van der Waals surface area contributed by atoms with E-state index < -0.39 is 17.0 Å². The van der Waals surface area contributed by atoms with Crippen molar-refractivity contribution in [3.63, 3.8) is 0 Å². The maximum Gasteiger partial charge on any atom is 0.197 e. The predicted molar refractivity (Wildman–Crippen MR) is 64.0 cm³/mol. The van der Waals surface area contributed by atoms with E-state index in [0.717, 1.165) is 18.9 Å². The van der Waals surface area contributed by atoms with Crippen molar-refractivity contribution in [2.24, 2.45) is 5.73 Å². The standard InChI is InChI=1S/C13H17F2NO2/c1-7(16)13(4-5-13)10-8(14)6-9(15)11(17-2)12(10)18-3/h6-7H,4-5,16H2,1-3H3. The second-order valence-electron chi connectivity index (χ2n) is 4.73. The lowest BCUT2D eigenvalue weighted by molar-refractivity contribution is 0.324. The van der Waals surface area contributed by atoms with Crippen LogP contribution in [0.4, 0.5) is 8.78 Å². The Hall–Kier alpha value is -1.36. The zero-order valence-electron chi connectivity index (χ0n) is 10.7. The summed E-state index contributed by atoms with van der Waals surface area (Å²) in [5, 5.41) is 0. The van der Waals surface area contributed by atoms with Crippen molar-refractivity contribution < 1.29 is 18.3 Å². The third-order valence-corrected chi connectivity index (χ3v) is 3.71. The molecule has 0 radical (unpaired) electrons. The van der Waals surface area contributed by atoms with Gasteiger partial charge in [0.1, 0.15) is 5.82 Å². The summed E-state index contributed by atoms with van der Waals surface area (Å²) in [6, 6.07) is 0.607. The summed E-state index contributed by atoms with van der Waals surface area (Å²) >= 11 is 0. The van der Waals surface area contributed by atoms with Gasteiger partial charge in [-0.25, -0.2) is 8.78 Å². The lowest BCUT2D eigenvalue weighted by Gasteiger charge is -2.24. The van der Waals surface area contributed by atoms with E-state index in [-0.39, 0.29) is 17.5 Å². The number of halogens is 2. The van der Waals surface area contributed by atoms with Gasteiger partial charge < -0.3 is 15.2 Å². The van der Waals surface area contributed by atoms with Crippen LogP contribution in [0, 0.1) is 11.6 Å². The van der Waals surface area contributed by atoms with Crippen LogP contribution in [0.1, 0.15) is 25.3 Å². The molecule has 1 aromatic rings. The molecule has 2 N–H and O–H groups in total. The molecule has 18 heavy (non-hydrogen) atoms. The van der Waals surface area contributed by atoms with Crippen molar-refractivity contribution in [3.05, 3.63) is 23.3 Å². The van der Waals surface area contributed by atoms with Gasteiger partial charge in [-0.2, -0.15) is 0 Å². The highest BCUT2D eigenvalue weighted by Crippen LogP contribution is 2.56. The topological polar surface area (TPSA) is 44.5 Å². The third-order valence-electron chi connectivity index (χ3n) is 3.71. The zero-order valence-corrected chi connectivity index (χ0v) is 10.7. The first kappa shape index (κ1) is 13.1. The van der Waals surface area contributed by atoms with Gasteiger partial charge >= 0.3 is 0 Å². The molecule has 0 heterocycles. The Kier molecular flexibility index (Phi) is 3.19. The van der Waals surface area contributed by atoms with Gasteiger partial charge in [0.2, 0.25) is 0 Å². The Labute approximate surface area is 105 Å². The van der Waals surface area contributed by atoms with Crippen molar-refractivity contribution in [1.29, 1.82) is 0 Å². The third kappa shape index (κ3) is 1.73. The predicted octanol–water partition coefficient (Wildman–Crippen LogP) is 2.36. The van der Waals surface area contributed by atoms with Gasteiger partial charge in [0.05, 0.1) is 14.2 Å². The zero-order chi connectivity index (χ0) is 13.5. The molecule has 0 bridgehead atoms. The Morgan fingerprint density at radius 3 is 2.11 bits per heavy atom. The average Bonchev–Trinajstić information content (AvgIpc) is 3.09. The van der Waals surface area contributed by atoms with E-state index in [0.29, 0.717) is 5.56 Å². The highest BCUT2D eigenvalue weighted by atomic mass is 19.1. The van der Waals surface area contributed by atoms with Crippen LogP contribution < -0.4 is 15.2 Å². The number of methoxy groups -OCH3 is 2. The van der Waals surface area contributed by atoms with E-state index in [2.05, 4.69) is 0 Å². The molecule has 1 fully saturated rings. The molecular formula is C13H17F2NO2. The molecule has 3 nitrogen and oxygen atoms in total. The number of nitrogens with two attached hydrogens (primary N) is 1.